The van der Waals surface area contributed by atoms with Crippen LogP contribution in [0.2, 0.25) is 0 Å². The van der Waals surface area contributed by atoms with Crippen LogP contribution in [-0.4, -0.2) is 38.3 Å². The first-order chi connectivity index (χ1) is 13.0. The van der Waals surface area contributed by atoms with E-state index in [1.165, 1.54) is 13.3 Å². The second kappa shape index (κ2) is 7.69. The molecule has 0 spiro atoms. The lowest BCUT2D eigenvalue weighted by atomic mass is 10.1. The van der Waals surface area contributed by atoms with E-state index in [4.69, 9.17) is 9.47 Å². The Bertz CT molecular complexity index is 908. The molecule has 138 valence electrons. The second-order valence-electron chi connectivity index (χ2n) is 5.59. The standard InChI is InChI=1S/C19H17N3O5/c1-26-13-9-7-12(8-10-13)20-11-14-17(23)21-19(25)22(18(14)24)15-5-3-4-6-16(15)27-2/h3-11,14H,1-2H3,(H,21,23,25)/t14-/m0/s1. The molecule has 3 rings (SSSR count). The predicted octanol–water partition coefficient (Wildman–Crippen LogP) is 2.31. The van der Waals surface area contributed by atoms with Gasteiger partial charge in [0.1, 0.15) is 11.5 Å². The average Bonchev–Trinajstić information content (AvgIpc) is 2.68. The van der Waals surface area contributed by atoms with Crippen molar-refractivity contribution in [3.63, 3.8) is 0 Å². The van der Waals surface area contributed by atoms with Crippen LogP contribution in [0.5, 0.6) is 11.5 Å². The summed E-state index contributed by atoms with van der Waals surface area (Å²) < 4.78 is 10.3. The Morgan fingerprint density at radius 2 is 1.70 bits per heavy atom. The minimum absolute atomic E-state index is 0.248. The van der Waals surface area contributed by atoms with Crippen molar-refractivity contribution in [3.8, 4) is 11.5 Å². The molecule has 0 bridgehead atoms. The van der Waals surface area contributed by atoms with E-state index in [1.807, 2.05) is 0 Å². The fraction of sp³-hybridized carbons (Fsp3) is 0.158. The number of rotatable bonds is 5. The number of ether oxygens (including phenoxy) is 2. The van der Waals surface area contributed by atoms with Crippen molar-refractivity contribution < 1.29 is 23.9 Å². The zero-order chi connectivity index (χ0) is 19.4. The SMILES string of the molecule is COc1ccc(N=C[C@H]2C(=O)NC(=O)N(c3ccccc3OC)C2=O)cc1. The molecule has 27 heavy (non-hydrogen) atoms. The number of hydrogen-bond acceptors (Lipinski definition) is 6. The van der Waals surface area contributed by atoms with Gasteiger partial charge >= 0.3 is 6.03 Å². The summed E-state index contributed by atoms with van der Waals surface area (Å²) >= 11 is 0. The van der Waals surface area contributed by atoms with Crippen molar-refractivity contribution in [1.29, 1.82) is 0 Å². The molecule has 1 aliphatic rings. The lowest BCUT2D eigenvalue weighted by Gasteiger charge is -2.29. The van der Waals surface area contributed by atoms with E-state index in [2.05, 4.69) is 10.3 Å². The van der Waals surface area contributed by atoms with Gasteiger partial charge in [0.25, 0.3) is 5.91 Å². The minimum atomic E-state index is -1.24. The van der Waals surface area contributed by atoms with E-state index in [9.17, 15) is 14.4 Å². The molecular weight excluding hydrogens is 350 g/mol. The summed E-state index contributed by atoms with van der Waals surface area (Å²) in [4.78, 5) is 42.2. The number of methoxy groups -OCH3 is 2. The highest BCUT2D eigenvalue weighted by atomic mass is 16.5. The molecule has 4 amide bonds. The van der Waals surface area contributed by atoms with E-state index < -0.39 is 23.8 Å². The van der Waals surface area contributed by atoms with E-state index in [0.29, 0.717) is 17.2 Å². The molecule has 1 aliphatic heterocycles. The molecule has 8 nitrogen and oxygen atoms in total. The Morgan fingerprint density at radius 3 is 2.37 bits per heavy atom. The van der Waals surface area contributed by atoms with Crippen LogP contribution in [0, 0.1) is 5.92 Å². The maximum atomic E-state index is 12.8. The Balaban J connectivity index is 1.89. The number of nitrogens with zero attached hydrogens (tertiary/aromatic N) is 2. The number of benzene rings is 2. The number of urea groups is 1. The largest absolute Gasteiger partial charge is 0.497 e. The van der Waals surface area contributed by atoms with Gasteiger partial charge < -0.3 is 9.47 Å². The van der Waals surface area contributed by atoms with Crippen LogP contribution in [-0.2, 0) is 9.59 Å². The Hall–Kier alpha value is -3.68. The van der Waals surface area contributed by atoms with Gasteiger partial charge in [-0.2, -0.15) is 0 Å². The van der Waals surface area contributed by atoms with E-state index in [-0.39, 0.29) is 5.69 Å². The highest BCUT2D eigenvalue weighted by Crippen LogP contribution is 2.30. The van der Waals surface area contributed by atoms with Crippen LogP contribution in [0.15, 0.2) is 53.5 Å². The topological polar surface area (TPSA) is 97.3 Å². The average molecular weight is 367 g/mol. The van der Waals surface area contributed by atoms with Crippen LogP contribution in [0.4, 0.5) is 16.2 Å². The molecule has 0 aromatic heterocycles. The normalized spacial score (nSPS) is 17.2. The van der Waals surface area contributed by atoms with Crippen molar-refractivity contribution in [2.24, 2.45) is 10.9 Å². The molecule has 2 aromatic carbocycles. The molecule has 1 fully saturated rings. The summed E-state index contributed by atoms with van der Waals surface area (Å²) in [5.41, 5.74) is 0.787. The number of aliphatic imine (C=N–C) groups is 1. The number of amides is 4. The lowest BCUT2D eigenvalue weighted by molar-refractivity contribution is -0.131. The van der Waals surface area contributed by atoms with Gasteiger partial charge in [0.2, 0.25) is 5.91 Å². The number of nitrogens with one attached hydrogen (secondary N) is 1. The van der Waals surface area contributed by atoms with Gasteiger partial charge in [-0.1, -0.05) is 12.1 Å². The third-order valence-electron chi connectivity index (χ3n) is 3.97. The first-order valence-electron chi connectivity index (χ1n) is 8.05. The van der Waals surface area contributed by atoms with Gasteiger partial charge in [-0.3, -0.25) is 19.9 Å². The van der Waals surface area contributed by atoms with Gasteiger partial charge in [-0.25, -0.2) is 9.69 Å². The number of hydrogen-bond donors (Lipinski definition) is 1. The zero-order valence-corrected chi connectivity index (χ0v) is 14.7. The van der Waals surface area contributed by atoms with Gasteiger partial charge in [0.05, 0.1) is 25.6 Å². The molecular formula is C19H17N3O5. The maximum absolute atomic E-state index is 12.8. The van der Waals surface area contributed by atoms with Crippen LogP contribution in [0.25, 0.3) is 0 Å². The third-order valence-corrected chi connectivity index (χ3v) is 3.97. The fourth-order valence-corrected chi connectivity index (χ4v) is 2.59. The summed E-state index contributed by atoms with van der Waals surface area (Å²) in [6, 6.07) is 12.5. The number of anilines is 1. The minimum Gasteiger partial charge on any atom is -0.497 e. The summed E-state index contributed by atoms with van der Waals surface area (Å²) in [6.07, 6.45) is 1.22. The van der Waals surface area contributed by atoms with Crippen LogP contribution in [0.3, 0.4) is 0 Å². The molecule has 8 heteroatoms. The number of carbonyl (C=O) groups excluding carboxylic acids is 3. The van der Waals surface area contributed by atoms with Gasteiger partial charge in [-0.15, -0.1) is 0 Å². The summed E-state index contributed by atoms with van der Waals surface area (Å²) in [6.45, 7) is 0. The second-order valence-corrected chi connectivity index (χ2v) is 5.59. The monoisotopic (exact) mass is 367 g/mol. The maximum Gasteiger partial charge on any atom is 0.335 e. The van der Waals surface area contributed by atoms with E-state index in [0.717, 1.165) is 4.90 Å². The van der Waals surface area contributed by atoms with Gasteiger partial charge in [0.15, 0.2) is 5.92 Å². The van der Waals surface area contributed by atoms with E-state index in [1.54, 1.807) is 55.6 Å². The molecule has 1 saturated heterocycles. The summed E-state index contributed by atoms with van der Waals surface area (Å²) in [5, 5.41) is 2.17. The quantitative estimate of drug-likeness (QED) is 0.646. The number of barbiturate groups is 1. The summed E-state index contributed by atoms with van der Waals surface area (Å²) in [5.74, 6) is -1.68. The van der Waals surface area contributed by atoms with Crippen molar-refractivity contribution in [2.45, 2.75) is 0 Å². The zero-order valence-electron chi connectivity index (χ0n) is 14.7. The van der Waals surface area contributed by atoms with Crippen molar-refractivity contribution in [3.05, 3.63) is 48.5 Å². The molecule has 0 saturated carbocycles. The third kappa shape index (κ3) is 3.64. The highest BCUT2D eigenvalue weighted by molar-refractivity contribution is 6.33. The number of carbonyl (C=O) groups is 3. The molecule has 2 aromatic rings. The Morgan fingerprint density at radius 1 is 1.00 bits per heavy atom. The molecule has 1 N–H and O–H groups in total. The highest BCUT2D eigenvalue weighted by Gasteiger charge is 2.41. The van der Waals surface area contributed by atoms with Crippen molar-refractivity contribution >= 4 is 35.4 Å². The Kier molecular flexibility index (Phi) is 5.16. The molecule has 0 radical (unpaired) electrons. The van der Waals surface area contributed by atoms with Gasteiger partial charge in [-0.05, 0) is 36.4 Å². The molecule has 0 unspecified atom stereocenters. The fourth-order valence-electron chi connectivity index (χ4n) is 2.59. The smallest absolute Gasteiger partial charge is 0.335 e. The first kappa shape index (κ1) is 18.1. The molecule has 0 aliphatic carbocycles. The number of imide groups is 2. The first-order valence-corrected chi connectivity index (χ1v) is 8.05. The van der Waals surface area contributed by atoms with Crippen molar-refractivity contribution in [1.82, 2.24) is 5.32 Å². The van der Waals surface area contributed by atoms with Crippen molar-refractivity contribution in [2.75, 3.05) is 19.1 Å². The van der Waals surface area contributed by atoms with Gasteiger partial charge in [0, 0.05) is 6.21 Å². The summed E-state index contributed by atoms with van der Waals surface area (Å²) in [7, 11) is 2.98. The van der Waals surface area contributed by atoms with Crippen LogP contribution < -0.4 is 19.7 Å². The lowest BCUT2D eigenvalue weighted by Crippen LogP contribution is -2.58. The van der Waals surface area contributed by atoms with Crippen LogP contribution in [0.1, 0.15) is 0 Å². The predicted molar refractivity (Wildman–Crippen MR) is 98.7 cm³/mol. The van der Waals surface area contributed by atoms with E-state index >= 15 is 0 Å². The number of para-hydroxylation sites is 2. The Labute approximate surface area is 155 Å². The molecule has 1 heterocycles. The van der Waals surface area contributed by atoms with Crippen LogP contribution >= 0.6 is 0 Å². The molecule has 1 atom stereocenters.